The number of carbonyl (C=O) groups is 1. The van der Waals surface area contributed by atoms with Gasteiger partial charge in [0.25, 0.3) is 0 Å². The minimum Gasteiger partial charge on any atom is -0.481 e. The van der Waals surface area contributed by atoms with Crippen molar-refractivity contribution in [3.63, 3.8) is 0 Å². The molecule has 0 atom stereocenters. The second kappa shape index (κ2) is 5.57. The maximum Gasteiger partial charge on any atom is 0.306 e. The fourth-order valence-electron chi connectivity index (χ4n) is 2.95. The van der Waals surface area contributed by atoms with E-state index in [4.69, 9.17) is 5.11 Å². The molecule has 0 aromatic rings. The highest BCUT2D eigenvalue weighted by molar-refractivity contribution is 5.70. The topological polar surface area (TPSA) is 60.8 Å². The van der Waals surface area contributed by atoms with Crippen LogP contribution in [0.1, 0.15) is 45.4 Å². The number of hydrogen-bond donors (Lipinski definition) is 2. The quantitative estimate of drug-likeness (QED) is 0.758. The molecule has 2 fully saturated rings. The zero-order valence-corrected chi connectivity index (χ0v) is 11.3. The van der Waals surface area contributed by atoms with Crippen molar-refractivity contribution >= 4 is 5.97 Å². The lowest BCUT2D eigenvalue weighted by molar-refractivity contribution is -0.145. The van der Waals surface area contributed by atoms with Gasteiger partial charge in [-0.2, -0.15) is 0 Å². The SMILES string of the molecule is CCN(CC1CC1)CC1(O)CCC(C(=O)O)CC1. The molecule has 2 aliphatic rings. The van der Waals surface area contributed by atoms with E-state index < -0.39 is 11.6 Å². The zero-order valence-electron chi connectivity index (χ0n) is 11.3. The monoisotopic (exact) mass is 255 g/mol. The molecule has 2 N–H and O–H groups in total. The van der Waals surface area contributed by atoms with E-state index in [9.17, 15) is 9.90 Å². The summed E-state index contributed by atoms with van der Waals surface area (Å²) in [5.41, 5.74) is -0.656. The Morgan fingerprint density at radius 2 is 1.89 bits per heavy atom. The average molecular weight is 255 g/mol. The third-order valence-electron chi connectivity index (χ3n) is 4.44. The van der Waals surface area contributed by atoms with Crippen LogP contribution >= 0.6 is 0 Å². The number of aliphatic carboxylic acids is 1. The zero-order chi connectivity index (χ0) is 13.2. The van der Waals surface area contributed by atoms with Gasteiger partial charge in [0.1, 0.15) is 0 Å². The lowest BCUT2D eigenvalue weighted by atomic mass is 9.78. The van der Waals surface area contributed by atoms with Crippen molar-refractivity contribution in [3.8, 4) is 0 Å². The molecule has 4 heteroatoms. The van der Waals surface area contributed by atoms with E-state index in [0.717, 1.165) is 19.0 Å². The van der Waals surface area contributed by atoms with Crippen molar-refractivity contribution in [3.05, 3.63) is 0 Å². The molecule has 2 aliphatic carbocycles. The molecule has 0 amide bonds. The van der Waals surface area contributed by atoms with Crippen LogP contribution in [0.2, 0.25) is 0 Å². The highest BCUT2D eigenvalue weighted by Gasteiger charge is 2.37. The third-order valence-corrected chi connectivity index (χ3v) is 4.44. The molecular weight excluding hydrogens is 230 g/mol. The molecule has 0 spiro atoms. The molecule has 2 saturated carbocycles. The smallest absolute Gasteiger partial charge is 0.306 e. The molecule has 0 radical (unpaired) electrons. The summed E-state index contributed by atoms with van der Waals surface area (Å²) in [6.07, 6.45) is 5.15. The van der Waals surface area contributed by atoms with Gasteiger partial charge in [-0.05, 0) is 51.0 Å². The van der Waals surface area contributed by atoms with Crippen molar-refractivity contribution in [2.75, 3.05) is 19.6 Å². The van der Waals surface area contributed by atoms with Gasteiger partial charge in [0.05, 0.1) is 11.5 Å². The maximum absolute atomic E-state index is 10.9. The van der Waals surface area contributed by atoms with E-state index in [1.54, 1.807) is 0 Å². The summed E-state index contributed by atoms with van der Waals surface area (Å²) in [6, 6.07) is 0. The summed E-state index contributed by atoms with van der Waals surface area (Å²) in [6.45, 7) is 4.92. The predicted octanol–water partition coefficient (Wildman–Crippen LogP) is 1.72. The summed E-state index contributed by atoms with van der Waals surface area (Å²) in [5, 5.41) is 19.5. The Morgan fingerprint density at radius 1 is 1.28 bits per heavy atom. The molecule has 18 heavy (non-hydrogen) atoms. The standard InChI is InChI=1S/C14H25NO3/c1-2-15(9-11-3-4-11)10-14(18)7-5-12(6-8-14)13(16)17/h11-12,18H,2-10H2,1H3,(H,16,17). The normalized spacial score (nSPS) is 32.7. The number of rotatable bonds is 6. The summed E-state index contributed by atoms with van der Waals surface area (Å²) in [4.78, 5) is 13.2. The Labute approximate surface area is 109 Å². The van der Waals surface area contributed by atoms with Crippen LogP contribution in [0.4, 0.5) is 0 Å². The van der Waals surface area contributed by atoms with Crippen LogP contribution in [0.15, 0.2) is 0 Å². The van der Waals surface area contributed by atoms with E-state index in [-0.39, 0.29) is 5.92 Å². The molecule has 2 rings (SSSR count). The van der Waals surface area contributed by atoms with E-state index >= 15 is 0 Å². The number of nitrogens with zero attached hydrogens (tertiary/aromatic N) is 1. The first kappa shape index (κ1) is 13.8. The molecule has 104 valence electrons. The van der Waals surface area contributed by atoms with Crippen LogP contribution in [0.3, 0.4) is 0 Å². The average Bonchev–Trinajstić information content (AvgIpc) is 3.12. The summed E-state index contributed by atoms with van der Waals surface area (Å²) < 4.78 is 0. The fourth-order valence-corrected chi connectivity index (χ4v) is 2.95. The molecule has 4 nitrogen and oxygen atoms in total. The summed E-state index contributed by atoms with van der Waals surface area (Å²) in [7, 11) is 0. The molecule has 0 aromatic heterocycles. The van der Waals surface area contributed by atoms with Gasteiger partial charge in [-0.15, -0.1) is 0 Å². The van der Waals surface area contributed by atoms with Gasteiger partial charge in [0.2, 0.25) is 0 Å². The fraction of sp³-hybridized carbons (Fsp3) is 0.929. The minimum absolute atomic E-state index is 0.246. The molecule has 0 saturated heterocycles. The number of hydrogen-bond acceptors (Lipinski definition) is 3. The van der Waals surface area contributed by atoms with Crippen LogP contribution in [0.5, 0.6) is 0 Å². The number of likely N-dealkylation sites (N-methyl/N-ethyl adjacent to an activating group) is 1. The van der Waals surface area contributed by atoms with Gasteiger partial charge in [0.15, 0.2) is 0 Å². The first-order valence-corrected chi connectivity index (χ1v) is 7.20. The molecule has 0 aliphatic heterocycles. The van der Waals surface area contributed by atoms with Gasteiger partial charge in [-0.1, -0.05) is 6.92 Å². The molecule has 0 bridgehead atoms. The lowest BCUT2D eigenvalue weighted by Crippen LogP contribution is -2.46. The maximum atomic E-state index is 10.9. The summed E-state index contributed by atoms with van der Waals surface area (Å²) >= 11 is 0. The highest BCUT2D eigenvalue weighted by Crippen LogP contribution is 2.34. The Bertz CT molecular complexity index is 293. The van der Waals surface area contributed by atoms with Crippen LogP contribution in [-0.4, -0.2) is 46.3 Å². The Hall–Kier alpha value is -0.610. The molecular formula is C14H25NO3. The van der Waals surface area contributed by atoms with Crippen molar-refractivity contribution in [2.24, 2.45) is 11.8 Å². The Morgan fingerprint density at radius 3 is 2.33 bits per heavy atom. The highest BCUT2D eigenvalue weighted by atomic mass is 16.4. The first-order valence-electron chi connectivity index (χ1n) is 7.20. The number of aliphatic hydroxyl groups is 1. The van der Waals surface area contributed by atoms with E-state index in [0.29, 0.717) is 32.2 Å². The van der Waals surface area contributed by atoms with E-state index in [2.05, 4.69) is 11.8 Å². The van der Waals surface area contributed by atoms with Crippen molar-refractivity contribution in [1.29, 1.82) is 0 Å². The second-order valence-electron chi connectivity index (χ2n) is 6.11. The Balaban J connectivity index is 1.81. The Kier molecular flexibility index (Phi) is 4.28. The lowest BCUT2D eigenvalue weighted by Gasteiger charge is -2.38. The van der Waals surface area contributed by atoms with Gasteiger partial charge in [-0.25, -0.2) is 0 Å². The van der Waals surface area contributed by atoms with Crippen LogP contribution in [0, 0.1) is 11.8 Å². The second-order valence-corrected chi connectivity index (χ2v) is 6.11. The first-order chi connectivity index (χ1) is 8.52. The van der Waals surface area contributed by atoms with Crippen molar-refractivity contribution in [1.82, 2.24) is 4.90 Å². The van der Waals surface area contributed by atoms with Crippen LogP contribution in [0.25, 0.3) is 0 Å². The van der Waals surface area contributed by atoms with Gasteiger partial charge >= 0.3 is 5.97 Å². The molecule has 0 aromatic carbocycles. The van der Waals surface area contributed by atoms with Crippen LogP contribution < -0.4 is 0 Å². The largest absolute Gasteiger partial charge is 0.481 e. The van der Waals surface area contributed by atoms with Crippen molar-refractivity contribution < 1.29 is 15.0 Å². The summed E-state index contributed by atoms with van der Waals surface area (Å²) in [5.74, 6) is -0.116. The van der Waals surface area contributed by atoms with Gasteiger partial charge < -0.3 is 15.1 Å². The number of carboxylic acid groups (broad SMARTS) is 1. The predicted molar refractivity (Wildman–Crippen MR) is 69.4 cm³/mol. The van der Waals surface area contributed by atoms with E-state index in [1.165, 1.54) is 12.8 Å². The molecule has 0 heterocycles. The van der Waals surface area contributed by atoms with Gasteiger partial charge in [0, 0.05) is 13.1 Å². The number of carboxylic acids is 1. The van der Waals surface area contributed by atoms with Crippen molar-refractivity contribution in [2.45, 2.75) is 51.0 Å². The van der Waals surface area contributed by atoms with E-state index in [1.807, 2.05) is 0 Å². The third kappa shape index (κ3) is 3.69. The van der Waals surface area contributed by atoms with Gasteiger partial charge in [-0.3, -0.25) is 4.79 Å². The molecule has 0 unspecified atom stereocenters. The van der Waals surface area contributed by atoms with Crippen LogP contribution in [-0.2, 0) is 4.79 Å². The minimum atomic E-state index is -0.706.